The van der Waals surface area contributed by atoms with Crippen molar-refractivity contribution in [2.45, 2.75) is 53.2 Å². The van der Waals surface area contributed by atoms with E-state index in [1.807, 2.05) is 18.5 Å². The van der Waals surface area contributed by atoms with Gasteiger partial charge in [0.1, 0.15) is 0 Å². The maximum Gasteiger partial charge on any atom is 0.0312 e. The predicted octanol–water partition coefficient (Wildman–Crippen LogP) is 2.93. The molecule has 112 valence electrons. The summed E-state index contributed by atoms with van der Waals surface area (Å²) in [5.41, 5.74) is 1.60. The van der Waals surface area contributed by atoms with Crippen LogP contribution in [0.15, 0.2) is 24.5 Å². The fraction of sp³-hybridized carbons (Fsp3) is 0.706. The highest BCUT2D eigenvalue weighted by Gasteiger charge is 2.36. The minimum absolute atomic E-state index is 0.289. The molecule has 1 aromatic heterocycles. The van der Waals surface area contributed by atoms with E-state index in [0.29, 0.717) is 18.0 Å². The van der Waals surface area contributed by atoms with E-state index in [1.165, 1.54) is 5.56 Å². The van der Waals surface area contributed by atoms with Crippen LogP contribution in [-0.4, -0.2) is 35.1 Å². The van der Waals surface area contributed by atoms with E-state index in [2.05, 4.69) is 55.9 Å². The van der Waals surface area contributed by atoms with Gasteiger partial charge in [0.25, 0.3) is 0 Å². The van der Waals surface area contributed by atoms with Gasteiger partial charge in [-0.1, -0.05) is 40.7 Å². The van der Waals surface area contributed by atoms with Gasteiger partial charge in [-0.05, 0) is 23.0 Å². The fourth-order valence-corrected chi connectivity index (χ4v) is 3.04. The molecule has 2 rings (SSSR count). The highest BCUT2D eigenvalue weighted by molar-refractivity contribution is 5.09. The summed E-state index contributed by atoms with van der Waals surface area (Å²) in [6.45, 7) is 14.8. The number of aromatic nitrogens is 1. The van der Waals surface area contributed by atoms with Gasteiger partial charge in [-0.2, -0.15) is 0 Å². The smallest absolute Gasteiger partial charge is 0.0312 e. The van der Waals surface area contributed by atoms with Crippen molar-refractivity contribution in [1.29, 1.82) is 0 Å². The van der Waals surface area contributed by atoms with E-state index in [0.717, 1.165) is 19.6 Å². The molecule has 20 heavy (non-hydrogen) atoms. The summed E-state index contributed by atoms with van der Waals surface area (Å²) in [5.74, 6) is 0.673. The van der Waals surface area contributed by atoms with Crippen LogP contribution in [0, 0.1) is 11.3 Å². The van der Waals surface area contributed by atoms with Gasteiger partial charge in [-0.25, -0.2) is 0 Å². The summed E-state index contributed by atoms with van der Waals surface area (Å²) in [4.78, 5) is 6.89. The summed E-state index contributed by atoms with van der Waals surface area (Å²) in [5, 5.41) is 3.73. The number of pyridine rings is 1. The Labute approximate surface area is 123 Å². The minimum atomic E-state index is 0.289. The van der Waals surface area contributed by atoms with Crippen molar-refractivity contribution >= 4 is 0 Å². The van der Waals surface area contributed by atoms with E-state index < -0.39 is 0 Å². The van der Waals surface area contributed by atoms with Crippen LogP contribution in [0.1, 0.15) is 40.2 Å². The van der Waals surface area contributed by atoms with E-state index in [4.69, 9.17) is 0 Å². The number of nitrogens with zero attached hydrogens (tertiary/aromatic N) is 2. The largest absolute Gasteiger partial charge is 0.311 e. The zero-order valence-electron chi connectivity index (χ0n) is 13.6. The van der Waals surface area contributed by atoms with Crippen LogP contribution in [0.5, 0.6) is 0 Å². The third-order valence-electron chi connectivity index (χ3n) is 4.36. The lowest BCUT2D eigenvalue weighted by molar-refractivity contribution is 0.0399. The van der Waals surface area contributed by atoms with Gasteiger partial charge in [-0.3, -0.25) is 9.88 Å². The number of piperazine rings is 1. The monoisotopic (exact) mass is 275 g/mol. The summed E-state index contributed by atoms with van der Waals surface area (Å²) in [6, 6.07) is 5.37. The molecule has 1 aromatic rings. The lowest BCUT2D eigenvalue weighted by Gasteiger charge is -2.47. The van der Waals surface area contributed by atoms with Crippen molar-refractivity contribution in [3.8, 4) is 0 Å². The van der Waals surface area contributed by atoms with Crippen LogP contribution in [0.3, 0.4) is 0 Å². The molecule has 2 unspecified atom stereocenters. The zero-order valence-corrected chi connectivity index (χ0v) is 13.6. The van der Waals surface area contributed by atoms with Crippen LogP contribution in [0.25, 0.3) is 0 Å². The standard InChI is InChI=1S/C17H29N3/c1-13(2)15-12-20(11-14-7-6-8-18-9-14)16(10-19-15)17(3,4)5/h6-9,13,15-16,19H,10-12H2,1-5H3. The molecule has 2 atom stereocenters. The lowest BCUT2D eigenvalue weighted by atomic mass is 9.83. The average Bonchev–Trinajstić information content (AvgIpc) is 2.38. The quantitative estimate of drug-likeness (QED) is 0.919. The van der Waals surface area contributed by atoms with E-state index >= 15 is 0 Å². The van der Waals surface area contributed by atoms with Crippen molar-refractivity contribution in [3.05, 3.63) is 30.1 Å². The zero-order chi connectivity index (χ0) is 14.8. The molecule has 0 amide bonds. The summed E-state index contributed by atoms with van der Waals surface area (Å²) in [7, 11) is 0. The Bertz CT molecular complexity index is 408. The highest BCUT2D eigenvalue weighted by atomic mass is 15.2. The Balaban J connectivity index is 2.13. The number of nitrogens with one attached hydrogen (secondary N) is 1. The molecular weight excluding hydrogens is 246 g/mol. The third-order valence-corrected chi connectivity index (χ3v) is 4.36. The molecule has 0 aromatic carbocycles. The number of hydrogen-bond acceptors (Lipinski definition) is 3. The van der Waals surface area contributed by atoms with Gasteiger partial charge in [0.15, 0.2) is 0 Å². The first-order valence-corrected chi connectivity index (χ1v) is 7.74. The molecule has 1 aliphatic heterocycles. The molecule has 0 radical (unpaired) electrons. The molecule has 0 spiro atoms. The van der Waals surface area contributed by atoms with Crippen molar-refractivity contribution < 1.29 is 0 Å². The first kappa shape index (κ1) is 15.5. The molecule has 1 N–H and O–H groups in total. The van der Waals surface area contributed by atoms with Crippen molar-refractivity contribution in [1.82, 2.24) is 15.2 Å². The van der Waals surface area contributed by atoms with Gasteiger partial charge < -0.3 is 5.32 Å². The second-order valence-electron chi connectivity index (χ2n) is 7.43. The maximum absolute atomic E-state index is 4.25. The highest BCUT2D eigenvalue weighted by Crippen LogP contribution is 2.28. The van der Waals surface area contributed by atoms with Gasteiger partial charge in [0, 0.05) is 44.1 Å². The van der Waals surface area contributed by atoms with Gasteiger partial charge >= 0.3 is 0 Å². The first-order chi connectivity index (χ1) is 9.38. The van der Waals surface area contributed by atoms with Crippen LogP contribution in [0.2, 0.25) is 0 Å². The van der Waals surface area contributed by atoms with E-state index in [1.54, 1.807) is 0 Å². The summed E-state index contributed by atoms with van der Waals surface area (Å²) < 4.78 is 0. The summed E-state index contributed by atoms with van der Waals surface area (Å²) in [6.07, 6.45) is 3.84. The molecule has 0 saturated carbocycles. The maximum atomic E-state index is 4.25. The molecule has 0 bridgehead atoms. The number of hydrogen-bond donors (Lipinski definition) is 1. The lowest BCUT2D eigenvalue weighted by Crippen LogP contribution is -2.61. The second-order valence-corrected chi connectivity index (χ2v) is 7.43. The third kappa shape index (κ3) is 3.80. The first-order valence-electron chi connectivity index (χ1n) is 7.74. The second kappa shape index (κ2) is 6.23. The van der Waals surface area contributed by atoms with Crippen LogP contribution < -0.4 is 5.32 Å². The molecule has 0 aliphatic carbocycles. The van der Waals surface area contributed by atoms with E-state index in [-0.39, 0.29) is 5.41 Å². The van der Waals surface area contributed by atoms with Crippen LogP contribution in [-0.2, 0) is 6.54 Å². The molecule has 1 aliphatic rings. The Morgan fingerprint density at radius 3 is 2.70 bits per heavy atom. The predicted molar refractivity (Wildman–Crippen MR) is 84.5 cm³/mol. The molecule has 2 heterocycles. The van der Waals surface area contributed by atoms with Crippen LogP contribution in [0.4, 0.5) is 0 Å². The molecule has 1 saturated heterocycles. The van der Waals surface area contributed by atoms with Gasteiger partial charge in [-0.15, -0.1) is 0 Å². The Hall–Kier alpha value is -0.930. The normalized spacial score (nSPS) is 25.1. The fourth-order valence-electron chi connectivity index (χ4n) is 3.04. The van der Waals surface area contributed by atoms with Crippen molar-refractivity contribution in [3.63, 3.8) is 0 Å². The molecule has 3 heteroatoms. The molecular formula is C17H29N3. The van der Waals surface area contributed by atoms with Gasteiger partial charge in [0.2, 0.25) is 0 Å². The minimum Gasteiger partial charge on any atom is -0.311 e. The molecule has 3 nitrogen and oxygen atoms in total. The topological polar surface area (TPSA) is 28.2 Å². The Morgan fingerprint density at radius 2 is 2.15 bits per heavy atom. The van der Waals surface area contributed by atoms with Crippen molar-refractivity contribution in [2.75, 3.05) is 13.1 Å². The average molecular weight is 275 g/mol. The Morgan fingerprint density at radius 1 is 1.40 bits per heavy atom. The van der Waals surface area contributed by atoms with Gasteiger partial charge in [0.05, 0.1) is 0 Å². The van der Waals surface area contributed by atoms with Crippen LogP contribution >= 0.6 is 0 Å². The summed E-state index contributed by atoms with van der Waals surface area (Å²) >= 11 is 0. The van der Waals surface area contributed by atoms with E-state index in [9.17, 15) is 0 Å². The Kier molecular flexibility index (Phi) is 4.82. The SMILES string of the molecule is CC(C)C1CN(Cc2cccnc2)C(C(C)(C)C)CN1. The van der Waals surface area contributed by atoms with Crippen molar-refractivity contribution in [2.24, 2.45) is 11.3 Å². The number of rotatable bonds is 3. The molecule has 1 fully saturated rings.